The van der Waals surface area contributed by atoms with Crippen molar-refractivity contribution in [3.05, 3.63) is 5.82 Å². The van der Waals surface area contributed by atoms with E-state index in [1.165, 1.54) is 0 Å². The Kier molecular flexibility index (Phi) is 3.47. The van der Waals surface area contributed by atoms with Gasteiger partial charge in [0.15, 0.2) is 5.82 Å². The highest BCUT2D eigenvalue weighted by molar-refractivity contribution is 6.16. The topological polar surface area (TPSA) is 43.6 Å². The lowest BCUT2D eigenvalue weighted by Crippen LogP contribution is -2.06. The number of hydrogen-bond acceptors (Lipinski definition) is 3. The molecule has 0 amide bonds. The molecule has 5 heteroatoms. The Morgan fingerprint density at radius 1 is 1.50 bits per heavy atom. The largest absolute Gasteiger partial charge is 0.228 e. The van der Waals surface area contributed by atoms with Gasteiger partial charge < -0.3 is 0 Å². The number of aryl methyl sites for hydroxylation is 1. The molecule has 0 aliphatic heterocycles. The van der Waals surface area contributed by atoms with Crippen LogP contribution in [0.5, 0.6) is 0 Å². The summed E-state index contributed by atoms with van der Waals surface area (Å²) in [5.41, 5.74) is 0. The summed E-state index contributed by atoms with van der Waals surface area (Å²) in [6.07, 6.45) is 1.08. The summed E-state index contributed by atoms with van der Waals surface area (Å²) < 4.78 is 1.76. The summed E-state index contributed by atoms with van der Waals surface area (Å²) in [4.78, 5) is 0. The van der Waals surface area contributed by atoms with Crippen LogP contribution < -0.4 is 0 Å². The second kappa shape index (κ2) is 4.40. The predicted molar refractivity (Wildman–Crippen MR) is 46.8 cm³/mol. The van der Waals surface area contributed by atoms with Crippen LogP contribution in [0.15, 0.2) is 0 Å². The van der Waals surface area contributed by atoms with E-state index in [0.29, 0.717) is 11.8 Å². The van der Waals surface area contributed by atoms with E-state index in [1.54, 1.807) is 4.68 Å². The van der Waals surface area contributed by atoms with E-state index >= 15 is 0 Å². The fourth-order valence-electron chi connectivity index (χ4n) is 0.873. The van der Waals surface area contributed by atoms with Gasteiger partial charge >= 0.3 is 0 Å². The molecule has 0 saturated heterocycles. The monoisotopic (exact) mass is 188 g/mol. The van der Waals surface area contributed by atoms with Crippen LogP contribution in [0.1, 0.15) is 26.1 Å². The molecule has 1 rings (SSSR count). The van der Waals surface area contributed by atoms with Gasteiger partial charge in [0.05, 0.1) is 5.88 Å². The summed E-state index contributed by atoms with van der Waals surface area (Å²) in [5, 5.41) is 11.2. The van der Waals surface area contributed by atoms with E-state index in [9.17, 15) is 0 Å². The first-order valence-corrected chi connectivity index (χ1v) is 4.58. The molecular weight excluding hydrogens is 176 g/mol. The van der Waals surface area contributed by atoms with Gasteiger partial charge in [0.1, 0.15) is 0 Å². The summed E-state index contributed by atoms with van der Waals surface area (Å²) >= 11 is 5.63. The molecule has 68 valence electrons. The molecule has 0 spiro atoms. The molecule has 0 radical (unpaired) electrons. The van der Waals surface area contributed by atoms with Crippen LogP contribution in [-0.2, 0) is 12.4 Å². The average Bonchev–Trinajstić information content (AvgIpc) is 2.47. The highest BCUT2D eigenvalue weighted by Crippen LogP contribution is 2.04. The molecule has 1 aromatic heterocycles. The van der Waals surface area contributed by atoms with Crippen molar-refractivity contribution in [1.82, 2.24) is 20.2 Å². The number of nitrogens with zero attached hydrogens (tertiary/aromatic N) is 4. The molecule has 4 nitrogen and oxygen atoms in total. The van der Waals surface area contributed by atoms with Crippen LogP contribution in [0, 0.1) is 5.92 Å². The molecule has 12 heavy (non-hydrogen) atoms. The molecule has 0 aliphatic carbocycles. The number of tetrazole rings is 1. The molecule has 0 fully saturated rings. The molecule has 0 saturated carbocycles. The van der Waals surface area contributed by atoms with E-state index in [1.807, 2.05) is 0 Å². The van der Waals surface area contributed by atoms with Crippen LogP contribution in [-0.4, -0.2) is 20.2 Å². The highest BCUT2D eigenvalue weighted by Gasteiger charge is 2.04. The van der Waals surface area contributed by atoms with Crippen molar-refractivity contribution in [2.45, 2.75) is 32.7 Å². The minimum atomic E-state index is 0.380. The maximum Gasteiger partial charge on any atom is 0.165 e. The number of halogens is 1. The van der Waals surface area contributed by atoms with Crippen molar-refractivity contribution in [1.29, 1.82) is 0 Å². The molecule has 0 N–H and O–H groups in total. The third kappa shape index (κ3) is 2.44. The van der Waals surface area contributed by atoms with Crippen LogP contribution in [0.3, 0.4) is 0 Å². The molecule has 0 aliphatic rings. The Balaban J connectivity index is 2.50. The number of alkyl halides is 1. The van der Waals surface area contributed by atoms with E-state index in [4.69, 9.17) is 11.6 Å². The fourth-order valence-corrected chi connectivity index (χ4v) is 1.06. The van der Waals surface area contributed by atoms with Gasteiger partial charge in [-0.05, 0) is 22.8 Å². The first-order valence-electron chi connectivity index (χ1n) is 4.05. The molecule has 0 bridgehead atoms. The van der Waals surface area contributed by atoms with E-state index in [-0.39, 0.29) is 0 Å². The molecule has 1 heterocycles. The highest BCUT2D eigenvalue weighted by atomic mass is 35.5. The molecule has 0 unspecified atom stereocenters. The summed E-state index contributed by atoms with van der Waals surface area (Å²) in [6, 6.07) is 0. The predicted octanol–water partition coefficient (Wildman–Crippen LogP) is 1.46. The Morgan fingerprint density at radius 2 is 2.25 bits per heavy atom. The van der Waals surface area contributed by atoms with Gasteiger partial charge in [-0.2, -0.15) is 0 Å². The van der Waals surface area contributed by atoms with Crippen LogP contribution in [0.4, 0.5) is 0 Å². The maximum absolute atomic E-state index is 5.63. The Morgan fingerprint density at radius 3 is 2.83 bits per heavy atom. The SMILES string of the molecule is CC(C)CCn1nnnc1CCl. The summed E-state index contributed by atoms with van der Waals surface area (Å²) in [5.74, 6) is 1.79. The zero-order valence-electron chi connectivity index (χ0n) is 7.37. The summed E-state index contributed by atoms with van der Waals surface area (Å²) in [6.45, 7) is 5.20. The van der Waals surface area contributed by atoms with Gasteiger partial charge in [0.25, 0.3) is 0 Å². The van der Waals surface area contributed by atoms with Crippen LogP contribution >= 0.6 is 11.6 Å². The molecular formula is C7H13ClN4. The van der Waals surface area contributed by atoms with Crippen molar-refractivity contribution >= 4 is 11.6 Å². The second-order valence-electron chi connectivity index (χ2n) is 3.13. The number of aromatic nitrogens is 4. The van der Waals surface area contributed by atoms with E-state index < -0.39 is 0 Å². The van der Waals surface area contributed by atoms with E-state index in [0.717, 1.165) is 18.8 Å². The smallest absolute Gasteiger partial charge is 0.165 e. The quantitative estimate of drug-likeness (QED) is 0.672. The second-order valence-corrected chi connectivity index (χ2v) is 3.40. The lowest BCUT2D eigenvalue weighted by atomic mass is 10.1. The summed E-state index contributed by atoms with van der Waals surface area (Å²) in [7, 11) is 0. The standard InChI is InChI=1S/C7H13ClN4/c1-6(2)3-4-12-7(5-8)9-10-11-12/h6H,3-5H2,1-2H3. The Bertz CT molecular complexity index is 233. The van der Waals surface area contributed by atoms with Gasteiger partial charge in [0.2, 0.25) is 0 Å². The molecule has 1 aromatic rings. The van der Waals surface area contributed by atoms with Crippen molar-refractivity contribution in [3.8, 4) is 0 Å². The van der Waals surface area contributed by atoms with Gasteiger partial charge in [-0.25, -0.2) is 4.68 Å². The van der Waals surface area contributed by atoms with Crippen molar-refractivity contribution < 1.29 is 0 Å². The van der Waals surface area contributed by atoms with Crippen molar-refractivity contribution in [3.63, 3.8) is 0 Å². The third-order valence-corrected chi connectivity index (χ3v) is 1.88. The Labute approximate surface area is 76.9 Å². The van der Waals surface area contributed by atoms with Crippen LogP contribution in [0.2, 0.25) is 0 Å². The van der Waals surface area contributed by atoms with Gasteiger partial charge in [-0.15, -0.1) is 16.7 Å². The van der Waals surface area contributed by atoms with Gasteiger partial charge in [0, 0.05) is 6.54 Å². The van der Waals surface area contributed by atoms with Crippen molar-refractivity contribution in [2.75, 3.05) is 0 Å². The zero-order valence-corrected chi connectivity index (χ0v) is 8.12. The zero-order chi connectivity index (χ0) is 8.97. The van der Waals surface area contributed by atoms with Gasteiger partial charge in [-0.1, -0.05) is 13.8 Å². The fraction of sp³-hybridized carbons (Fsp3) is 0.857. The number of rotatable bonds is 4. The molecule has 0 aromatic carbocycles. The van der Waals surface area contributed by atoms with E-state index in [2.05, 4.69) is 29.4 Å². The first kappa shape index (κ1) is 9.45. The van der Waals surface area contributed by atoms with Gasteiger partial charge in [-0.3, -0.25) is 0 Å². The third-order valence-electron chi connectivity index (χ3n) is 1.64. The Hall–Kier alpha value is -0.640. The minimum absolute atomic E-state index is 0.380. The minimum Gasteiger partial charge on any atom is -0.228 e. The van der Waals surface area contributed by atoms with Crippen molar-refractivity contribution in [2.24, 2.45) is 5.92 Å². The van der Waals surface area contributed by atoms with Crippen LogP contribution in [0.25, 0.3) is 0 Å². The normalized spacial score (nSPS) is 11.0. The maximum atomic E-state index is 5.63. The lowest BCUT2D eigenvalue weighted by molar-refractivity contribution is 0.471. The molecule has 0 atom stereocenters. The number of hydrogen-bond donors (Lipinski definition) is 0. The lowest BCUT2D eigenvalue weighted by Gasteiger charge is -2.04. The first-order chi connectivity index (χ1) is 5.74. The average molecular weight is 189 g/mol.